The van der Waals surface area contributed by atoms with E-state index in [9.17, 15) is 4.21 Å². The highest BCUT2D eigenvalue weighted by Crippen LogP contribution is 2.10. The maximum Gasteiger partial charge on any atom is 0.0363 e. The van der Waals surface area contributed by atoms with E-state index in [2.05, 4.69) is 24.1 Å². The van der Waals surface area contributed by atoms with Crippen molar-refractivity contribution in [1.82, 2.24) is 10.2 Å². The molecular formula is C12H26N2OS. The maximum absolute atomic E-state index is 11.3. The number of nitrogens with one attached hydrogen (secondary N) is 1. The Bertz CT molecular complexity index is 201. The van der Waals surface area contributed by atoms with Gasteiger partial charge >= 0.3 is 0 Å². The summed E-state index contributed by atoms with van der Waals surface area (Å²) in [5.74, 6) is 1.74. The predicted octanol–water partition coefficient (Wildman–Crippen LogP) is 1.22. The summed E-state index contributed by atoms with van der Waals surface area (Å²) in [6.45, 7) is 8.69. The molecule has 0 spiro atoms. The molecule has 0 aromatic rings. The number of nitrogens with zero attached hydrogens (tertiary/aromatic N) is 1. The number of hydrogen-bond acceptors (Lipinski definition) is 3. The third kappa shape index (κ3) is 4.93. The van der Waals surface area contributed by atoms with Gasteiger partial charge in [0.15, 0.2) is 0 Å². The third-order valence-electron chi connectivity index (χ3n) is 3.16. The van der Waals surface area contributed by atoms with Crippen LogP contribution in [-0.4, -0.2) is 52.8 Å². The summed E-state index contributed by atoms with van der Waals surface area (Å²) in [6.07, 6.45) is 3.68. The smallest absolute Gasteiger partial charge is 0.0363 e. The van der Waals surface area contributed by atoms with Crippen molar-refractivity contribution in [3.8, 4) is 0 Å². The lowest BCUT2D eigenvalue weighted by atomic mass is 10.1. The molecule has 1 unspecified atom stereocenters. The molecule has 0 amide bonds. The van der Waals surface area contributed by atoms with Crippen LogP contribution >= 0.6 is 0 Å². The Morgan fingerprint density at radius 2 is 1.94 bits per heavy atom. The van der Waals surface area contributed by atoms with Crippen molar-refractivity contribution in [2.24, 2.45) is 0 Å². The van der Waals surface area contributed by atoms with Crippen LogP contribution in [0.2, 0.25) is 0 Å². The van der Waals surface area contributed by atoms with Gasteiger partial charge in [0.25, 0.3) is 0 Å². The SMILES string of the molecule is CCCNCC(CCC)N1CCS(=O)CC1. The lowest BCUT2D eigenvalue weighted by Gasteiger charge is -2.34. The highest BCUT2D eigenvalue weighted by molar-refractivity contribution is 7.85. The van der Waals surface area contributed by atoms with E-state index in [0.29, 0.717) is 6.04 Å². The molecule has 4 heteroatoms. The first kappa shape index (κ1) is 14.1. The zero-order valence-corrected chi connectivity index (χ0v) is 11.5. The van der Waals surface area contributed by atoms with Crippen LogP contribution in [0.1, 0.15) is 33.1 Å². The monoisotopic (exact) mass is 246 g/mol. The van der Waals surface area contributed by atoms with Crippen molar-refractivity contribution in [3.63, 3.8) is 0 Å². The molecule has 0 radical (unpaired) electrons. The fraction of sp³-hybridized carbons (Fsp3) is 1.00. The van der Waals surface area contributed by atoms with Crippen LogP contribution in [0.15, 0.2) is 0 Å². The zero-order valence-electron chi connectivity index (χ0n) is 10.7. The minimum Gasteiger partial charge on any atom is -0.315 e. The molecule has 0 aromatic heterocycles. The molecule has 1 rings (SSSR count). The van der Waals surface area contributed by atoms with Crippen LogP contribution in [0.25, 0.3) is 0 Å². The largest absolute Gasteiger partial charge is 0.315 e. The minimum absolute atomic E-state index is 0.551. The molecular weight excluding hydrogens is 220 g/mol. The van der Waals surface area contributed by atoms with Gasteiger partial charge in [-0.3, -0.25) is 9.11 Å². The Hall–Kier alpha value is 0.0700. The fourth-order valence-electron chi connectivity index (χ4n) is 2.21. The summed E-state index contributed by atoms with van der Waals surface area (Å²) in [4.78, 5) is 2.52. The van der Waals surface area contributed by atoms with E-state index < -0.39 is 10.8 Å². The zero-order chi connectivity index (χ0) is 11.8. The molecule has 1 fully saturated rings. The summed E-state index contributed by atoms with van der Waals surface area (Å²) < 4.78 is 11.3. The van der Waals surface area contributed by atoms with E-state index in [1.807, 2.05) is 0 Å². The lowest BCUT2D eigenvalue weighted by molar-refractivity contribution is 0.198. The molecule has 1 heterocycles. The Morgan fingerprint density at radius 1 is 1.25 bits per heavy atom. The number of rotatable bonds is 7. The van der Waals surface area contributed by atoms with Crippen molar-refractivity contribution in [2.45, 2.75) is 39.2 Å². The maximum atomic E-state index is 11.3. The van der Waals surface area contributed by atoms with E-state index in [0.717, 1.165) is 37.7 Å². The highest BCUT2D eigenvalue weighted by atomic mass is 32.2. The van der Waals surface area contributed by atoms with Gasteiger partial charge in [-0.1, -0.05) is 20.3 Å². The van der Waals surface area contributed by atoms with Gasteiger partial charge in [0, 0.05) is 48.0 Å². The average Bonchev–Trinajstić information content (AvgIpc) is 2.29. The molecule has 1 saturated heterocycles. The Morgan fingerprint density at radius 3 is 2.50 bits per heavy atom. The van der Waals surface area contributed by atoms with Crippen LogP contribution in [0.3, 0.4) is 0 Å². The average molecular weight is 246 g/mol. The van der Waals surface area contributed by atoms with E-state index in [-0.39, 0.29) is 0 Å². The second-order valence-corrected chi connectivity index (χ2v) is 6.23. The Kier molecular flexibility index (Phi) is 7.25. The second kappa shape index (κ2) is 8.20. The van der Waals surface area contributed by atoms with Crippen molar-refractivity contribution in [3.05, 3.63) is 0 Å². The molecule has 0 aromatic carbocycles. The topological polar surface area (TPSA) is 32.3 Å². The van der Waals surface area contributed by atoms with Crippen LogP contribution in [-0.2, 0) is 10.8 Å². The molecule has 0 bridgehead atoms. The van der Waals surface area contributed by atoms with Gasteiger partial charge in [-0.05, 0) is 19.4 Å². The standard InChI is InChI=1S/C12H26N2OS/c1-3-5-12(11-13-6-4-2)14-7-9-16(15)10-8-14/h12-13H,3-11H2,1-2H3. The highest BCUT2D eigenvalue weighted by Gasteiger charge is 2.21. The van der Waals surface area contributed by atoms with Crippen LogP contribution in [0.4, 0.5) is 0 Å². The van der Waals surface area contributed by atoms with Gasteiger partial charge in [0.05, 0.1) is 0 Å². The summed E-state index contributed by atoms with van der Waals surface area (Å²) in [7, 11) is -0.551. The van der Waals surface area contributed by atoms with Gasteiger partial charge in [-0.2, -0.15) is 0 Å². The quantitative estimate of drug-likeness (QED) is 0.686. The molecule has 3 nitrogen and oxygen atoms in total. The Labute approximate surface area is 102 Å². The molecule has 1 N–H and O–H groups in total. The van der Waals surface area contributed by atoms with E-state index in [1.165, 1.54) is 19.3 Å². The van der Waals surface area contributed by atoms with Crippen LogP contribution in [0.5, 0.6) is 0 Å². The van der Waals surface area contributed by atoms with E-state index in [1.54, 1.807) is 0 Å². The fourth-order valence-corrected chi connectivity index (χ4v) is 3.29. The predicted molar refractivity (Wildman–Crippen MR) is 71.3 cm³/mol. The first-order valence-electron chi connectivity index (χ1n) is 6.57. The first-order chi connectivity index (χ1) is 7.77. The molecule has 1 aliphatic heterocycles. The van der Waals surface area contributed by atoms with Gasteiger partial charge in [0.2, 0.25) is 0 Å². The third-order valence-corrected chi connectivity index (χ3v) is 4.43. The van der Waals surface area contributed by atoms with Crippen molar-refractivity contribution in [2.75, 3.05) is 37.7 Å². The summed E-state index contributed by atoms with van der Waals surface area (Å²) >= 11 is 0. The Balaban J connectivity index is 2.33. The van der Waals surface area contributed by atoms with Crippen LogP contribution in [0, 0.1) is 0 Å². The van der Waals surface area contributed by atoms with Crippen molar-refractivity contribution in [1.29, 1.82) is 0 Å². The van der Waals surface area contributed by atoms with Gasteiger partial charge in [-0.15, -0.1) is 0 Å². The lowest BCUT2D eigenvalue weighted by Crippen LogP contribution is -2.48. The normalized spacial score (nSPS) is 21.1. The van der Waals surface area contributed by atoms with Gasteiger partial charge in [0.1, 0.15) is 0 Å². The summed E-state index contributed by atoms with van der Waals surface area (Å²) in [6, 6.07) is 0.647. The molecule has 1 atom stereocenters. The van der Waals surface area contributed by atoms with Crippen molar-refractivity contribution < 1.29 is 4.21 Å². The van der Waals surface area contributed by atoms with Crippen molar-refractivity contribution >= 4 is 10.8 Å². The molecule has 96 valence electrons. The summed E-state index contributed by atoms with van der Waals surface area (Å²) in [5.41, 5.74) is 0. The van der Waals surface area contributed by atoms with E-state index >= 15 is 0 Å². The first-order valence-corrected chi connectivity index (χ1v) is 8.06. The minimum atomic E-state index is -0.551. The van der Waals surface area contributed by atoms with Crippen LogP contribution < -0.4 is 5.32 Å². The molecule has 16 heavy (non-hydrogen) atoms. The van der Waals surface area contributed by atoms with Gasteiger partial charge in [-0.25, -0.2) is 0 Å². The second-order valence-electron chi connectivity index (χ2n) is 4.53. The molecule has 1 aliphatic rings. The summed E-state index contributed by atoms with van der Waals surface area (Å²) in [5, 5.41) is 3.51. The molecule has 0 aliphatic carbocycles. The number of hydrogen-bond donors (Lipinski definition) is 1. The van der Waals surface area contributed by atoms with Gasteiger partial charge < -0.3 is 5.32 Å². The molecule has 0 saturated carbocycles. The van der Waals surface area contributed by atoms with E-state index in [4.69, 9.17) is 0 Å².